The van der Waals surface area contributed by atoms with Gasteiger partial charge in [-0.25, -0.2) is 14.2 Å². The highest BCUT2D eigenvalue weighted by atomic mass is 19.1. The molecule has 6 rings (SSSR count). The summed E-state index contributed by atoms with van der Waals surface area (Å²) in [5, 5.41) is 15.8. The molecule has 2 N–H and O–H groups in total. The number of piperidine rings is 2. The molecule has 3 aliphatic heterocycles. The molecule has 1 aliphatic carbocycles. The number of rotatable bonds is 5. The fourth-order valence-electron chi connectivity index (χ4n) is 6.42. The fraction of sp³-hybridized carbons (Fsp3) is 0.500. The van der Waals surface area contributed by atoms with Crippen molar-refractivity contribution in [1.29, 1.82) is 5.26 Å². The Kier molecular flexibility index (Phi) is 5.97. The van der Waals surface area contributed by atoms with Crippen LogP contribution in [-0.4, -0.2) is 60.0 Å². The molecule has 8 nitrogen and oxygen atoms in total. The van der Waals surface area contributed by atoms with E-state index in [1.54, 1.807) is 18.3 Å². The number of benzene rings is 1. The predicted octanol–water partition coefficient (Wildman–Crippen LogP) is 2.67. The molecule has 2 bridgehead atoms. The number of nitriles is 1. The number of carbonyl (C=O) groups excluding carboxylic acids is 2. The quantitative estimate of drug-likeness (QED) is 0.604. The summed E-state index contributed by atoms with van der Waals surface area (Å²) in [7, 11) is 2.04. The number of hydrogen-bond acceptors (Lipinski definition) is 7. The minimum Gasteiger partial charge on any atom is -0.449 e. The van der Waals surface area contributed by atoms with E-state index in [1.807, 2.05) is 13.1 Å². The van der Waals surface area contributed by atoms with Gasteiger partial charge in [0, 0.05) is 55.7 Å². The zero-order valence-electron chi connectivity index (χ0n) is 20.8. The van der Waals surface area contributed by atoms with E-state index in [0.29, 0.717) is 47.2 Å². The van der Waals surface area contributed by atoms with Gasteiger partial charge in [-0.2, -0.15) is 5.26 Å². The number of ether oxygens (including phenoxy) is 1. The number of likely N-dealkylation sites (tertiary alicyclic amines) is 1. The van der Waals surface area contributed by atoms with E-state index >= 15 is 4.39 Å². The number of aromatic nitrogens is 1. The molecule has 2 saturated heterocycles. The van der Waals surface area contributed by atoms with Crippen molar-refractivity contribution in [1.82, 2.24) is 20.5 Å². The summed E-state index contributed by atoms with van der Waals surface area (Å²) < 4.78 is 21.0. The van der Waals surface area contributed by atoms with E-state index < -0.39 is 23.4 Å². The minimum atomic E-state index is -0.817. The standard InChI is InChI=1S/C28H30FN5O3/c1-34-8-6-28(7-9-34)22-12-19(15-31-25(22)27(36)37-28)16-2-3-17(23(29)13-16)10-21(14-30)33-26(35)24-18-4-5-20(11-18)32-24/h2-3,12-13,15,18,20-21,24,32H,4-11H2,1H3,(H,33,35)/t18-,20+,21-,24-/m0/s1. The summed E-state index contributed by atoms with van der Waals surface area (Å²) >= 11 is 0. The van der Waals surface area contributed by atoms with Gasteiger partial charge in [-0.3, -0.25) is 4.79 Å². The summed E-state index contributed by atoms with van der Waals surface area (Å²) in [6.07, 6.45) is 6.16. The number of pyridine rings is 1. The van der Waals surface area contributed by atoms with Gasteiger partial charge >= 0.3 is 5.97 Å². The highest BCUT2D eigenvalue weighted by molar-refractivity contribution is 5.93. The Morgan fingerprint density at radius 3 is 2.81 bits per heavy atom. The van der Waals surface area contributed by atoms with Crippen LogP contribution < -0.4 is 10.6 Å². The van der Waals surface area contributed by atoms with Crippen LogP contribution in [0.5, 0.6) is 0 Å². The number of halogens is 1. The molecule has 2 aromatic rings. The Hall–Kier alpha value is -3.35. The van der Waals surface area contributed by atoms with Crippen LogP contribution in [0.25, 0.3) is 11.1 Å². The van der Waals surface area contributed by atoms with E-state index in [9.17, 15) is 14.9 Å². The lowest BCUT2D eigenvalue weighted by molar-refractivity contribution is -0.124. The van der Waals surface area contributed by atoms with E-state index in [0.717, 1.165) is 37.9 Å². The first kappa shape index (κ1) is 24.0. The molecule has 0 unspecified atom stereocenters. The van der Waals surface area contributed by atoms with Gasteiger partial charge < -0.3 is 20.3 Å². The lowest BCUT2D eigenvalue weighted by Gasteiger charge is -2.36. The van der Waals surface area contributed by atoms with E-state index in [-0.39, 0.29) is 18.4 Å². The summed E-state index contributed by atoms with van der Waals surface area (Å²) in [5.41, 5.74) is 2.12. The lowest BCUT2D eigenvalue weighted by Crippen LogP contribution is -2.50. The summed E-state index contributed by atoms with van der Waals surface area (Å²) in [6, 6.07) is 8.17. The van der Waals surface area contributed by atoms with Crippen molar-refractivity contribution in [3.8, 4) is 17.2 Å². The normalized spacial score (nSPS) is 26.5. The van der Waals surface area contributed by atoms with Gasteiger partial charge in [0.1, 0.15) is 17.5 Å². The van der Waals surface area contributed by atoms with Crippen molar-refractivity contribution in [3.05, 3.63) is 53.1 Å². The Labute approximate surface area is 215 Å². The molecule has 1 aromatic heterocycles. The second-order valence-corrected chi connectivity index (χ2v) is 10.9. The van der Waals surface area contributed by atoms with Crippen molar-refractivity contribution < 1.29 is 18.7 Å². The number of nitrogens with one attached hydrogen (secondary N) is 2. The van der Waals surface area contributed by atoms with Crippen molar-refractivity contribution >= 4 is 11.9 Å². The predicted molar refractivity (Wildman–Crippen MR) is 133 cm³/mol. The Bertz CT molecular complexity index is 1300. The van der Waals surface area contributed by atoms with Crippen LogP contribution in [0, 0.1) is 23.1 Å². The SMILES string of the molecule is CN1CCC2(CC1)OC(=O)c1ncc(-c3ccc(C[C@@H](C#N)NC(=O)[C@H]4N[C@@H]5CC[C@H]4C5)c(F)c3)cc12. The van der Waals surface area contributed by atoms with E-state index in [2.05, 4.69) is 26.6 Å². The topological polar surface area (TPSA) is 107 Å². The molecule has 9 heteroatoms. The molecule has 4 atom stereocenters. The molecule has 3 fully saturated rings. The second kappa shape index (κ2) is 9.19. The third-order valence-electron chi connectivity index (χ3n) is 8.58. The first-order valence-corrected chi connectivity index (χ1v) is 13.0. The molecule has 4 aliphatic rings. The largest absolute Gasteiger partial charge is 0.449 e. The zero-order valence-corrected chi connectivity index (χ0v) is 20.8. The van der Waals surface area contributed by atoms with Crippen LogP contribution in [0.3, 0.4) is 0 Å². The third-order valence-corrected chi connectivity index (χ3v) is 8.58. The average molecular weight is 504 g/mol. The molecule has 37 heavy (non-hydrogen) atoms. The smallest absolute Gasteiger partial charge is 0.358 e. The Morgan fingerprint density at radius 2 is 2.14 bits per heavy atom. The van der Waals surface area contributed by atoms with Gasteiger partial charge in [-0.15, -0.1) is 0 Å². The molecule has 1 spiro atoms. The molecule has 0 radical (unpaired) electrons. The van der Waals surface area contributed by atoms with Gasteiger partial charge in [0.05, 0.1) is 12.1 Å². The number of esters is 1. The maximum Gasteiger partial charge on any atom is 0.358 e. The average Bonchev–Trinajstić information content (AvgIpc) is 3.60. The Balaban J connectivity index is 1.18. The molecule has 192 valence electrons. The van der Waals surface area contributed by atoms with Crippen molar-refractivity contribution in [2.24, 2.45) is 5.92 Å². The molecule has 1 saturated carbocycles. The molecule has 1 amide bonds. The van der Waals surface area contributed by atoms with Crippen LogP contribution in [0.15, 0.2) is 30.5 Å². The van der Waals surface area contributed by atoms with Gasteiger partial charge in [-0.1, -0.05) is 12.1 Å². The zero-order chi connectivity index (χ0) is 25.7. The van der Waals surface area contributed by atoms with Crippen LogP contribution >= 0.6 is 0 Å². The number of nitrogens with zero attached hydrogens (tertiary/aromatic N) is 3. The monoisotopic (exact) mass is 503 g/mol. The second-order valence-electron chi connectivity index (χ2n) is 10.9. The maximum atomic E-state index is 15.2. The minimum absolute atomic E-state index is 0.0799. The molecule has 4 heterocycles. The number of carbonyl (C=O) groups is 2. The van der Waals surface area contributed by atoms with Gasteiger partial charge in [0.15, 0.2) is 5.69 Å². The number of hydrogen-bond donors (Lipinski definition) is 2. The van der Waals surface area contributed by atoms with Crippen molar-refractivity contribution in [3.63, 3.8) is 0 Å². The number of fused-ring (bicyclic) bond motifs is 4. The summed E-state index contributed by atoms with van der Waals surface area (Å²) in [6.45, 7) is 1.63. The van der Waals surface area contributed by atoms with Crippen LogP contribution in [0.2, 0.25) is 0 Å². The highest BCUT2D eigenvalue weighted by Gasteiger charge is 2.48. The highest BCUT2D eigenvalue weighted by Crippen LogP contribution is 2.44. The Morgan fingerprint density at radius 1 is 1.32 bits per heavy atom. The lowest BCUT2D eigenvalue weighted by atomic mass is 9.84. The first-order chi connectivity index (χ1) is 17.8. The van der Waals surface area contributed by atoms with Crippen LogP contribution in [-0.2, 0) is 21.6 Å². The fourth-order valence-corrected chi connectivity index (χ4v) is 6.42. The summed E-state index contributed by atoms with van der Waals surface area (Å²) in [5.74, 6) is -0.722. The number of amides is 1. The molecular formula is C28H30FN5O3. The molecule has 1 aromatic carbocycles. The van der Waals surface area contributed by atoms with Gasteiger partial charge in [-0.05, 0) is 55.5 Å². The molecular weight excluding hydrogens is 473 g/mol. The van der Waals surface area contributed by atoms with Crippen LogP contribution in [0.1, 0.15) is 53.7 Å². The van der Waals surface area contributed by atoms with Crippen molar-refractivity contribution in [2.75, 3.05) is 20.1 Å². The van der Waals surface area contributed by atoms with Crippen LogP contribution in [0.4, 0.5) is 4.39 Å². The summed E-state index contributed by atoms with van der Waals surface area (Å²) in [4.78, 5) is 31.8. The first-order valence-electron chi connectivity index (χ1n) is 13.0. The van der Waals surface area contributed by atoms with Gasteiger partial charge in [0.25, 0.3) is 0 Å². The van der Waals surface area contributed by atoms with E-state index in [4.69, 9.17) is 4.74 Å². The van der Waals surface area contributed by atoms with Gasteiger partial charge in [0.2, 0.25) is 5.91 Å². The van der Waals surface area contributed by atoms with E-state index in [1.165, 1.54) is 6.07 Å². The maximum absolute atomic E-state index is 15.2. The van der Waals surface area contributed by atoms with Crippen molar-refractivity contribution in [2.45, 2.75) is 62.3 Å². The third kappa shape index (κ3) is 4.28.